The van der Waals surface area contributed by atoms with E-state index < -0.39 is 76.9 Å². The summed E-state index contributed by atoms with van der Waals surface area (Å²) in [6.45, 7) is 13.6. The van der Waals surface area contributed by atoms with Crippen LogP contribution in [-0.2, 0) is 32.1 Å². The third-order valence-electron chi connectivity index (χ3n) is 17.0. The molecule has 5 aliphatic heterocycles. The number of alkyl halides is 1. The van der Waals surface area contributed by atoms with Crippen LogP contribution >= 0.6 is 115 Å². The first-order valence-electron chi connectivity index (χ1n) is 36.5. The summed E-state index contributed by atoms with van der Waals surface area (Å²) in [6, 6.07) is 16.6. The molecule has 10 heterocycles. The molecule has 5 aromatic carbocycles. The van der Waals surface area contributed by atoms with Gasteiger partial charge in [0.2, 0.25) is 11.5 Å². The minimum atomic E-state index is -1.68. The summed E-state index contributed by atoms with van der Waals surface area (Å²) in [5.74, 6) is -4.15. The number of hydrogen-bond donors (Lipinski definition) is 11. The molecule has 1 unspecified atom stereocenters. The zero-order valence-electron chi connectivity index (χ0n) is 64.6. The Hall–Kier alpha value is -9.15. The van der Waals surface area contributed by atoms with Crippen molar-refractivity contribution in [3.63, 3.8) is 0 Å². The van der Waals surface area contributed by atoms with Gasteiger partial charge in [-0.2, -0.15) is 0 Å². The van der Waals surface area contributed by atoms with Gasteiger partial charge >= 0.3 is 65.4 Å². The van der Waals surface area contributed by atoms with Crippen molar-refractivity contribution in [2.45, 2.75) is 147 Å². The lowest BCUT2D eigenvalue weighted by atomic mass is 9.77. The number of nitrogens with two attached hydrogens (primary N) is 1. The molecule has 10 aromatic rings. The molecule has 0 radical (unpaired) electrons. The Balaban J connectivity index is 0.000000148. The van der Waals surface area contributed by atoms with Gasteiger partial charge in [0.05, 0.1) is 51.7 Å². The van der Waals surface area contributed by atoms with Crippen molar-refractivity contribution in [3.05, 3.63) is 138 Å². The van der Waals surface area contributed by atoms with Gasteiger partial charge in [-0.3, -0.25) is 0 Å². The number of anilines is 1. The predicted octanol–water partition coefficient (Wildman–Crippen LogP) is 10.0. The molecule has 636 valence electrons. The second-order valence-corrected chi connectivity index (χ2v) is 38.3. The summed E-state index contributed by atoms with van der Waals surface area (Å²) >= 11 is 13.4. The van der Waals surface area contributed by atoms with Gasteiger partial charge in [0.15, 0.2) is 21.7 Å². The van der Waals surface area contributed by atoms with Gasteiger partial charge in [-0.05, 0) is 123 Å². The third-order valence-corrected chi connectivity index (χ3v) is 27.2. The highest BCUT2D eigenvalue weighted by Gasteiger charge is 2.45. The standard InChI is InChI=1S/C15H17BN2O5S2.2C14H15BN2O5S2.C13H13BFN3O5S2.C13H13BN2O5S2/c1-8(2)6-22-10-4-3-9-5-11(25-15-18-17-7-24-15)16(21)23-13(9)12(10)14(19)20;1-7(2)21-9-4-3-8-5-10(24-14-17-16-6-23-14)15(20)22-12(8)11(9)13(18)19;1-2-5-21-9-4-3-8-6-10(24-14-17-16-7-23-14)15(20)22-12(8)11(9)13(18)19;1-5(15)22-7-3-2-6-4-8(24-13-18-17-12(16)25-13)14(21)23-10(6)9(7)11(19)20;1-2-20-8-4-3-7-5-9(23-13-16-15-6-22-13)14(19)21-11(7)10(8)12(17)18/h3-4,7-8,11,21H,5-6H2,1-2H3,(H,19,20);3-4,6-7,10,20H,5H2,1-2H3,(H,18,19);3-4,7,10,20H,2,5-6H2,1H3,(H,18,19);2-3,5,8,21H,4H2,1H3,(H2,16,17)(H,19,20);3-4,6,9,19H,2,5H2,1H3,(H,17,18)/t11-;2*10-;5?,8-;9-/m00000/s1. The molecule has 121 heavy (non-hydrogen) atoms. The highest BCUT2D eigenvalue weighted by Crippen LogP contribution is 2.47. The predicted molar refractivity (Wildman–Crippen MR) is 455 cm³/mol. The number of thioether (sulfide) groups is 5. The Morgan fingerprint density at radius 1 is 0.430 bits per heavy atom. The molecular weight excluding hydrogens is 1780 g/mol. The molecular formula is C69H73B5FN11O25S10. The van der Waals surface area contributed by atoms with E-state index in [4.69, 9.17) is 52.7 Å². The summed E-state index contributed by atoms with van der Waals surface area (Å²) in [6.07, 6.45) is 1.09. The van der Waals surface area contributed by atoms with E-state index in [0.717, 1.165) is 53.0 Å². The van der Waals surface area contributed by atoms with Crippen molar-refractivity contribution in [1.29, 1.82) is 0 Å². The van der Waals surface area contributed by atoms with E-state index >= 15 is 0 Å². The number of aromatic nitrogens is 10. The molecule has 0 saturated carbocycles. The van der Waals surface area contributed by atoms with Crippen molar-refractivity contribution >= 4 is 186 Å². The van der Waals surface area contributed by atoms with E-state index in [1.165, 1.54) is 122 Å². The van der Waals surface area contributed by atoms with Gasteiger partial charge in [-0.25, -0.2) is 28.4 Å². The van der Waals surface area contributed by atoms with Crippen LogP contribution in [0.4, 0.5) is 9.52 Å². The number of nitrogens with zero attached hydrogens (tertiary/aromatic N) is 10. The van der Waals surface area contributed by atoms with E-state index in [1.807, 2.05) is 34.6 Å². The molecule has 0 bridgehead atoms. The van der Waals surface area contributed by atoms with Crippen LogP contribution in [-0.4, -0.2) is 225 Å². The Bertz CT molecular complexity index is 5210. The van der Waals surface area contributed by atoms with Gasteiger partial charge in [0.25, 0.3) is 0 Å². The minimum absolute atomic E-state index is 0.0215. The lowest BCUT2D eigenvalue weighted by Gasteiger charge is -2.28. The maximum Gasteiger partial charge on any atom is 0.537 e. The molecule has 0 spiro atoms. The fourth-order valence-corrected chi connectivity index (χ4v) is 21.1. The topological polar surface area (TPSA) is 535 Å². The van der Waals surface area contributed by atoms with E-state index in [-0.39, 0.29) is 118 Å². The highest BCUT2D eigenvalue weighted by molar-refractivity contribution is 8.04. The maximum absolute atomic E-state index is 13.1. The van der Waals surface area contributed by atoms with Crippen LogP contribution in [0.5, 0.6) is 57.5 Å². The zero-order valence-corrected chi connectivity index (χ0v) is 72.7. The van der Waals surface area contributed by atoms with Crippen molar-refractivity contribution in [1.82, 2.24) is 51.0 Å². The van der Waals surface area contributed by atoms with Crippen molar-refractivity contribution < 1.29 is 126 Å². The largest absolute Gasteiger partial charge is 0.537 e. The Morgan fingerprint density at radius 3 is 0.975 bits per heavy atom. The van der Waals surface area contributed by atoms with Gasteiger partial charge in [0, 0.05) is 6.92 Å². The molecule has 5 aliphatic rings. The zero-order chi connectivity index (χ0) is 86.9. The summed E-state index contributed by atoms with van der Waals surface area (Å²) in [5, 5.41) is 136. The van der Waals surface area contributed by atoms with Crippen LogP contribution in [0.2, 0.25) is 0 Å². The molecule has 0 amide bonds. The normalized spacial score (nSPS) is 16.8. The number of halogens is 1. The van der Waals surface area contributed by atoms with Crippen LogP contribution in [0.1, 0.15) is 134 Å². The van der Waals surface area contributed by atoms with Crippen molar-refractivity contribution in [3.8, 4) is 57.5 Å². The molecule has 0 saturated heterocycles. The van der Waals surface area contributed by atoms with E-state index in [2.05, 4.69) is 51.0 Å². The number of hydrogen-bond acceptors (Lipinski definition) is 41. The molecule has 0 fully saturated rings. The van der Waals surface area contributed by atoms with Crippen molar-refractivity contribution in [2.75, 3.05) is 25.6 Å². The van der Waals surface area contributed by atoms with Gasteiger partial charge < -0.3 is 103 Å². The van der Waals surface area contributed by atoms with E-state index in [9.17, 15) is 79.0 Å². The number of benzene rings is 5. The summed E-state index contributed by atoms with van der Waals surface area (Å²) in [4.78, 5) is 58.1. The second-order valence-electron chi connectivity index (χ2n) is 26.5. The monoisotopic (exact) mass is 1850 g/mol. The minimum Gasteiger partial charge on any atom is -0.534 e. The van der Waals surface area contributed by atoms with Gasteiger partial charge in [0.1, 0.15) is 107 Å². The first-order chi connectivity index (χ1) is 57.9. The fourth-order valence-electron chi connectivity index (χ4n) is 12.0. The Labute approximate surface area is 731 Å². The number of ether oxygens (including phenoxy) is 5. The van der Waals surface area contributed by atoms with Crippen LogP contribution in [0, 0.1) is 5.92 Å². The van der Waals surface area contributed by atoms with Crippen LogP contribution in [0.3, 0.4) is 0 Å². The van der Waals surface area contributed by atoms with E-state index in [1.54, 1.807) is 83.6 Å². The van der Waals surface area contributed by atoms with Crippen LogP contribution in [0.25, 0.3) is 0 Å². The average molecular weight is 1850 g/mol. The van der Waals surface area contributed by atoms with E-state index in [0.29, 0.717) is 67.0 Å². The summed E-state index contributed by atoms with van der Waals surface area (Å²) in [7, 11) is -5.82. The molecule has 52 heteroatoms. The number of carboxylic acid groups (broad SMARTS) is 5. The lowest BCUT2D eigenvalue weighted by Crippen LogP contribution is -2.40. The molecule has 6 atom stereocenters. The SMILES string of the molecule is CC(C)COc1ccc2c(c1C(=O)O)OB(O)[C@@H](Sc1nncs1)C2.CC(C)Oc1ccc2c(c1C(=O)O)OB(O)[C@@H](Sc1nncs1)C2.CC(F)Oc1ccc2c(c1C(=O)O)OB(O)[C@@H](Sc1nnc(N)s1)C2.CCCOc1ccc2c(c1C(=O)O)OB(O)[C@@H](Sc1nncs1)C2.CCOc1ccc2c(c1C(=O)O)OB(O)[C@@H](Sc1nncs1)C2. The number of nitrogen functional groups attached to an aromatic ring is 1. The number of fused-ring (bicyclic) bond motifs is 5. The molecule has 0 aliphatic carbocycles. The average Bonchev–Trinajstić information content (AvgIpc) is 0.981. The van der Waals surface area contributed by atoms with Gasteiger partial charge in [-0.1, -0.05) is 167 Å². The first-order valence-corrected chi connectivity index (χ1v) is 45.2. The number of rotatable bonds is 27. The lowest BCUT2D eigenvalue weighted by molar-refractivity contribution is 0.0643. The fraction of sp³-hybridized carbons (Fsp3) is 0.348. The highest BCUT2D eigenvalue weighted by atomic mass is 32.2. The number of carbonyl (C=O) groups is 5. The van der Waals surface area contributed by atoms with Crippen LogP contribution < -0.4 is 52.7 Å². The quantitative estimate of drug-likeness (QED) is 0.0213. The van der Waals surface area contributed by atoms with Crippen LogP contribution in [0.15, 0.2) is 104 Å². The van der Waals surface area contributed by atoms with Crippen molar-refractivity contribution in [2.24, 2.45) is 5.92 Å². The molecule has 12 N–H and O–H groups in total. The Morgan fingerprint density at radius 2 is 0.719 bits per heavy atom. The number of carboxylic acids is 5. The summed E-state index contributed by atoms with van der Waals surface area (Å²) < 4.78 is 71.0. The smallest absolute Gasteiger partial charge is 0.534 e. The number of aromatic carboxylic acids is 5. The molecule has 36 nitrogen and oxygen atoms in total. The Kier molecular flexibility index (Phi) is 33.1. The first kappa shape index (κ1) is 92.6. The molecule has 15 rings (SSSR count). The maximum atomic E-state index is 13.1. The second kappa shape index (κ2) is 43.3. The van der Waals surface area contributed by atoms with Gasteiger partial charge in [-0.15, -0.1) is 51.0 Å². The molecule has 5 aromatic heterocycles. The third kappa shape index (κ3) is 24.2. The summed E-state index contributed by atoms with van der Waals surface area (Å²) in [5.41, 5.74) is 14.9.